The second kappa shape index (κ2) is 5.47. The minimum absolute atomic E-state index is 0.114. The molecule has 2 aromatic rings. The van der Waals surface area contributed by atoms with Crippen LogP contribution in [0.1, 0.15) is 46.3 Å². The summed E-state index contributed by atoms with van der Waals surface area (Å²) in [5.74, 6) is 1.60. The zero-order valence-electron chi connectivity index (χ0n) is 16.0. The maximum Gasteiger partial charge on any atom is 0.254 e. The largest absolute Gasteiger partial charge is 0.481 e. The van der Waals surface area contributed by atoms with Gasteiger partial charge in [-0.05, 0) is 55.4 Å². The molecule has 2 aromatic carbocycles. The number of Topliss-reactive ketones (excluding diaryl/α,β-unsaturated/α-hetero) is 1. The molecule has 2 heterocycles. The smallest absolute Gasteiger partial charge is 0.254 e. The summed E-state index contributed by atoms with van der Waals surface area (Å²) in [6.45, 7) is 2.76. The summed E-state index contributed by atoms with van der Waals surface area (Å²) >= 11 is 0. The maximum atomic E-state index is 13.3. The van der Waals surface area contributed by atoms with E-state index >= 15 is 0 Å². The van der Waals surface area contributed by atoms with Crippen LogP contribution in [0.25, 0.3) is 0 Å². The average molecular weight is 373 g/mol. The van der Waals surface area contributed by atoms with Crippen LogP contribution in [0.2, 0.25) is 0 Å². The number of hydrogen-bond acceptors (Lipinski definition) is 3. The number of piperidine rings is 1. The quantitative estimate of drug-likeness (QED) is 0.769. The van der Waals surface area contributed by atoms with Gasteiger partial charge in [0.1, 0.15) is 5.75 Å². The Balaban J connectivity index is 1.50. The standard InChI is InChI=1S/C24H23NO3/c1-14-7-8-16-13-18-17-9-10-19(26)22-24(17,20(16)21(14)28-22)11-12-25(18)23(27)15-5-3-2-4-6-15/h2-8,17-18,22H,9-13H2,1H3/t17-,18+,22-,24-/m1/s1. The number of nitrogens with zero attached hydrogens (tertiary/aromatic N) is 1. The van der Waals surface area contributed by atoms with E-state index in [1.165, 1.54) is 11.1 Å². The van der Waals surface area contributed by atoms with E-state index in [9.17, 15) is 9.59 Å². The van der Waals surface area contributed by atoms with E-state index in [1.807, 2.05) is 30.3 Å². The second-order valence-corrected chi connectivity index (χ2v) is 8.78. The number of amides is 1. The lowest BCUT2D eigenvalue weighted by Crippen LogP contribution is -2.66. The topological polar surface area (TPSA) is 46.6 Å². The first-order valence-corrected chi connectivity index (χ1v) is 10.3. The lowest BCUT2D eigenvalue weighted by molar-refractivity contribution is -0.137. The average Bonchev–Trinajstić information content (AvgIpc) is 3.07. The number of ketones is 1. The summed E-state index contributed by atoms with van der Waals surface area (Å²) in [6.07, 6.45) is 2.72. The number of carbonyl (C=O) groups is 2. The van der Waals surface area contributed by atoms with Crippen LogP contribution >= 0.6 is 0 Å². The Morgan fingerprint density at radius 2 is 2.00 bits per heavy atom. The molecule has 0 unspecified atom stereocenters. The molecule has 2 aliphatic carbocycles. The molecular weight excluding hydrogens is 350 g/mol. The van der Waals surface area contributed by atoms with Gasteiger partial charge in [-0.15, -0.1) is 0 Å². The monoisotopic (exact) mass is 373 g/mol. The third kappa shape index (κ3) is 1.86. The Hall–Kier alpha value is -2.62. The molecule has 1 saturated carbocycles. The minimum atomic E-state index is -0.363. The van der Waals surface area contributed by atoms with Crippen molar-refractivity contribution in [2.24, 2.45) is 5.92 Å². The fraction of sp³-hybridized carbons (Fsp3) is 0.417. The van der Waals surface area contributed by atoms with Crippen molar-refractivity contribution in [1.82, 2.24) is 4.90 Å². The molecule has 1 amide bonds. The van der Waals surface area contributed by atoms with Crippen molar-refractivity contribution in [3.63, 3.8) is 0 Å². The number of benzene rings is 2. The van der Waals surface area contributed by atoms with Crippen LogP contribution in [-0.2, 0) is 16.6 Å². The highest BCUT2D eigenvalue weighted by Gasteiger charge is 2.66. The van der Waals surface area contributed by atoms with Crippen LogP contribution in [0.5, 0.6) is 5.75 Å². The van der Waals surface area contributed by atoms with Gasteiger partial charge >= 0.3 is 0 Å². The van der Waals surface area contributed by atoms with Crippen molar-refractivity contribution in [2.45, 2.75) is 50.2 Å². The summed E-state index contributed by atoms with van der Waals surface area (Å²) in [7, 11) is 0. The second-order valence-electron chi connectivity index (χ2n) is 8.78. The van der Waals surface area contributed by atoms with E-state index in [2.05, 4.69) is 24.0 Å². The summed E-state index contributed by atoms with van der Waals surface area (Å²) in [6, 6.07) is 14.0. The van der Waals surface area contributed by atoms with Crippen LogP contribution in [0.15, 0.2) is 42.5 Å². The molecule has 0 N–H and O–H groups in total. The Morgan fingerprint density at radius 3 is 2.82 bits per heavy atom. The summed E-state index contributed by atoms with van der Waals surface area (Å²) in [5.41, 5.74) is 4.20. The maximum absolute atomic E-state index is 13.3. The van der Waals surface area contributed by atoms with Crippen molar-refractivity contribution < 1.29 is 14.3 Å². The first-order chi connectivity index (χ1) is 13.6. The van der Waals surface area contributed by atoms with Crippen molar-refractivity contribution >= 4 is 11.7 Å². The number of ether oxygens (including phenoxy) is 1. The van der Waals surface area contributed by atoms with E-state index in [1.54, 1.807) is 0 Å². The van der Waals surface area contributed by atoms with E-state index < -0.39 is 0 Å². The minimum Gasteiger partial charge on any atom is -0.481 e. The molecule has 2 fully saturated rings. The van der Waals surface area contributed by atoms with Crippen molar-refractivity contribution in [3.05, 3.63) is 64.7 Å². The molecule has 2 aliphatic heterocycles. The Bertz CT molecular complexity index is 1010. The van der Waals surface area contributed by atoms with Gasteiger partial charge in [0, 0.05) is 35.5 Å². The highest BCUT2D eigenvalue weighted by Crippen LogP contribution is 2.62. The molecule has 142 valence electrons. The Kier molecular flexibility index (Phi) is 3.19. The van der Waals surface area contributed by atoms with E-state index in [-0.39, 0.29) is 29.3 Å². The third-order valence-corrected chi connectivity index (χ3v) is 7.61. The molecule has 28 heavy (non-hydrogen) atoms. The van der Waals surface area contributed by atoms with Crippen molar-refractivity contribution in [1.29, 1.82) is 0 Å². The molecule has 0 aromatic heterocycles. The van der Waals surface area contributed by atoms with Gasteiger partial charge in [-0.3, -0.25) is 9.59 Å². The molecule has 4 heteroatoms. The van der Waals surface area contributed by atoms with Crippen LogP contribution in [0.3, 0.4) is 0 Å². The summed E-state index contributed by atoms with van der Waals surface area (Å²) < 4.78 is 6.35. The summed E-state index contributed by atoms with van der Waals surface area (Å²) in [4.78, 5) is 28.3. The van der Waals surface area contributed by atoms with Gasteiger partial charge in [0.2, 0.25) is 0 Å². The lowest BCUT2D eigenvalue weighted by atomic mass is 9.51. The van der Waals surface area contributed by atoms with Gasteiger partial charge in [0.25, 0.3) is 5.91 Å². The molecule has 4 aliphatic rings. The predicted molar refractivity (Wildman–Crippen MR) is 105 cm³/mol. The number of aryl methyl sites for hydroxylation is 1. The Morgan fingerprint density at radius 1 is 1.18 bits per heavy atom. The van der Waals surface area contributed by atoms with Gasteiger partial charge in [0.15, 0.2) is 11.9 Å². The predicted octanol–water partition coefficient (Wildman–Crippen LogP) is 3.44. The molecule has 0 radical (unpaired) electrons. The van der Waals surface area contributed by atoms with E-state index in [0.717, 1.165) is 36.1 Å². The van der Waals surface area contributed by atoms with Crippen molar-refractivity contribution in [2.75, 3.05) is 6.54 Å². The molecule has 6 rings (SSSR count). The number of likely N-dealkylation sites (tertiary alicyclic amines) is 1. The fourth-order valence-electron chi connectivity index (χ4n) is 6.48. The van der Waals surface area contributed by atoms with Gasteiger partial charge in [0.05, 0.1) is 0 Å². The van der Waals surface area contributed by atoms with Crippen LogP contribution in [-0.4, -0.2) is 35.3 Å². The fourth-order valence-corrected chi connectivity index (χ4v) is 6.48. The Labute approximate surface area is 164 Å². The highest BCUT2D eigenvalue weighted by molar-refractivity contribution is 5.95. The van der Waals surface area contributed by atoms with Gasteiger partial charge < -0.3 is 9.64 Å². The first-order valence-electron chi connectivity index (χ1n) is 10.3. The van der Waals surface area contributed by atoms with Gasteiger partial charge in [-0.25, -0.2) is 0 Å². The zero-order chi connectivity index (χ0) is 19.0. The van der Waals surface area contributed by atoms with E-state index in [0.29, 0.717) is 18.9 Å². The number of rotatable bonds is 1. The summed E-state index contributed by atoms with van der Waals surface area (Å²) in [5, 5.41) is 0. The highest BCUT2D eigenvalue weighted by atomic mass is 16.5. The zero-order valence-corrected chi connectivity index (χ0v) is 16.0. The number of carbonyl (C=O) groups excluding carboxylic acids is 2. The SMILES string of the molecule is Cc1ccc2c3c1O[C@@H]1C(=O)CC[C@@H]4[C@H](C2)N(C(=O)c2ccccc2)CC[C@@]314. The normalized spacial score (nSPS) is 32.0. The molecule has 4 nitrogen and oxygen atoms in total. The molecule has 1 saturated heterocycles. The molecule has 1 spiro atoms. The van der Waals surface area contributed by atoms with Gasteiger partial charge in [-0.1, -0.05) is 30.3 Å². The first kappa shape index (κ1) is 16.3. The van der Waals surface area contributed by atoms with Crippen molar-refractivity contribution in [3.8, 4) is 5.75 Å². The lowest BCUT2D eigenvalue weighted by Gasteiger charge is -2.57. The molecule has 2 bridgehead atoms. The molecule has 4 atom stereocenters. The van der Waals surface area contributed by atoms with Gasteiger partial charge in [-0.2, -0.15) is 0 Å². The van der Waals surface area contributed by atoms with Crippen LogP contribution in [0.4, 0.5) is 0 Å². The molecular formula is C24H23NO3. The third-order valence-electron chi connectivity index (χ3n) is 7.61. The number of hydrogen-bond donors (Lipinski definition) is 0. The van der Waals surface area contributed by atoms with Crippen LogP contribution in [0, 0.1) is 12.8 Å². The van der Waals surface area contributed by atoms with Crippen LogP contribution < -0.4 is 4.74 Å². The van der Waals surface area contributed by atoms with E-state index in [4.69, 9.17) is 4.74 Å².